The molecule has 0 aromatic heterocycles. The third-order valence-corrected chi connectivity index (χ3v) is 6.09. The number of rotatable bonds is 6. The molecule has 2 atom stereocenters. The van der Waals surface area contributed by atoms with E-state index in [1.165, 1.54) is 24.3 Å². The van der Waals surface area contributed by atoms with Crippen molar-refractivity contribution >= 4 is 21.7 Å². The van der Waals surface area contributed by atoms with Gasteiger partial charge >= 0.3 is 5.97 Å². The van der Waals surface area contributed by atoms with Gasteiger partial charge in [-0.3, -0.25) is 4.79 Å². The van der Waals surface area contributed by atoms with Gasteiger partial charge in [-0.2, -0.15) is 0 Å². The van der Waals surface area contributed by atoms with Crippen LogP contribution in [-0.2, 0) is 19.4 Å². The third kappa shape index (κ3) is 3.28. The van der Waals surface area contributed by atoms with Crippen LogP contribution in [0.15, 0.2) is 29.2 Å². The number of benzene rings is 1. The lowest BCUT2D eigenvalue weighted by Gasteiger charge is -2.58. The van der Waals surface area contributed by atoms with Crippen molar-refractivity contribution < 1.29 is 27.9 Å². The number of carboxylic acid groups (broad SMARTS) is 1. The Bertz CT molecular complexity index is 801. The molecule has 0 bridgehead atoms. The predicted molar refractivity (Wildman–Crippen MR) is 91.2 cm³/mol. The van der Waals surface area contributed by atoms with Gasteiger partial charge in [0, 0.05) is 30.3 Å². The van der Waals surface area contributed by atoms with Crippen LogP contribution >= 0.6 is 0 Å². The molecule has 1 fully saturated rings. The minimum atomic E-state index is -3.47. The van der Waals surface area contributed by atoms with E-state index < -0.39 is 32.7 Å². The van der Waals surface area contributed by atoms with Crippen LogP contribution in [0.4, 0.5) is 0 Å². The van der Waals surface area contributed by atoms with Crippen molar-refractivity contribution in [3.63, 3.8) is 0 Å². The van der Waals surface area contributed by atoms with E-state index in [0.29, 0.717) is 6.61 Å². The molecule has 1 aliphatic carbocycles. The Morgan fingerprint density at radius 2 is 2.00 bits per heavy atom. The molecular weight excluding hydrogens is 346 g/mol. The quantitative estimate of drug-likeness (QED) is 0.786. The number of hydrogen-bond donors (Lipinski definition) is 2. The van der Waals surface area contributed by atoms with Crippen LogP contribution in [0.2, 0.25) is 0 Å². The van der Waals surface area contributed by atoms with Crippen molar-refractivity contribution in [2.24, 2.45) is 5.41 Å². The number of nitrogens with one attached hydrogen (secondary N) is 1. The van der Waals surface area contributed by atoms with Crippen LogP contribution in [0, 0.1) is 5.41 Å². The van der Waals surface area contributed by atoms with Crippen LogP contribution in [-0.4, -0.2) is 49.9 Å². The van der Waals surface area contributed by atoms with E-state index in [2.05, 4.69) is 5.32 Å². The topological polar surface area (TPSA) is 110 Å². The van der Waals surface area contributed by atoms with E-state index in [9.17, 15) is 23.1 Å². The van der Waals surface area contributed by atoms with E-state index in [4.69, 9.17) is 4.74 Å². The molecule has 1 aromatic rings. The molecular formula is C17H23NO6S. The van der Waals surface area contributed by atoms with Crippen LogP contribution in [0.5, 0.6) is 0 Å². The highest BCUT2D eigenvalue weighted by Gasteiger charge is 2.66. The van der Waals surface area contributed by atoms with Crippen molar-refractivity contribution in [2.45, 2.75) is 43.7 Å². The van der Waals surface area contributed by atoms with Gasteiger partial charge in [0.15, 0.2) is 9.84 Å². The van der Waals surface area contributed by atoms with E-state index in [1.807, 2.05) is 6.92 Å². The van der Waals surface area contributed by atoms with Crippen LogP contribution in [0.3, 0.4) is 0 Å². The lowest BCUT2D eigenvalue weighted by molar-refractivity contribution is -0.190. The summed E-state index contributed by atoms with van der Waals surface area (Å²) in [4.78, 5) is 24.5. The number of aliphatic carboxylic acids is 1. The number of carboxylic acids is 1. The molecule has 0 saturated heterocycles. The molecule has 2 N–H and O–H groups in total. The first kappa shape index (κ1) is 19.4. The molecule has 0 aliphatic heterocycles. The van der Waals surface area contributed by atoms with Gasteiger partial charge in [0.2, 0.25) is 0 Å². The standard InChI is InChI=1S/C17H23NO6S/c1-5-24-13-10-17(15(20)21,16(13,2)3)18-14(19)11-7-6-8-12(9-11)25(4,22)23/h6-9,13H,5,10H2,1-4H3,(H,18,19)(H,20,21). The van der Waals surface area contributed by atoms with Gasteiger partial charge in [0.25, 0.3) is 5.91 Å². The lowest BCUT2D eigenvalue weighted by atomic mass is 9.54. The number of carbonyl (C=O) groups excluding carboxylic acids is 1. The second-order valence-corrected chi connectivity index (χ2v) is 8.85. The molecule has 1 aromatic carbocycles. The molecule has 138 valence electrons. The van der Waals surface area contributed by atoms with Crippen molar-refractivity contribution in [3.8, 4) is 0 Å². The summed E-state index contributed by atoms with van der Waals surface area (Å²) in [5.74, 6) is -1.77. The molecule has 1 amide bonds. The zero-order valence-electron chi connectivity index (χ0n) is 14.7. The number of hydrogen-bond acceptors (Lipinski definition) is 5. The summed E-state index contributed by atoms with van der Waals surface area (Å²) in [5, 5.41) is 12.3. The summed E-state index contributed by atoms with van der Waals surface area (Å²) >= 11 is 0. The monoisotopic (exact) mass is 369 g/mol. The molecule has 0 spiro atoms. The molecule has 2 rings (SSSR count). The normalized spacial score (nSPS) is 25.0. The molecule has 7 nitrogen and oxygen atoms in total. The van der Waals surface area contributed by atoms with Crippen molar-refractivity contribution in [1.82, 2.24) is 5.32 Å². The number of carbonyl (C=O) groups is 2. The Morgan fingerprint density at radius 3 is 2.48 bits per heavy atom. The summed E-state index contributed by atoms with van der Waals surface area (Å²) < 4.78 is 28.8. The van der Waals surface area contributed by atoms with E-state index in [1.54, 1.807) is 13.8 Å². The maximum absolute atomic E-state index is 12.6. The lowest BCUT2D eigenvalue weighted by Crippen LogP contribution is -2.76. The molecule has 1 saturated carbocycles. The predicted octanol–water partition coefficient (Wildman–Crippen LogP) is 1.48. The number of ether oxygens (including phenoxy) is 1. The minimum Gasteiger partial charge on any atom is -0.479 e. The Morgan fingerprint density at radius 1 is 1.36 bits per heavy atom. The fraction of sp³-hybridized carbons (Fsp3) is 0.529. The Kier molecular flexibility index (Phi) is 4.98. The molecule has 1 aliphatic rings. The van der Waals surface area contributed by atoms with E-state index in [-0.39, 0.29) is 23.0 Å². The Balaban J connectivity index is 2.31. The van der Waals surface area contributed by atoms with Gasteiger partial charge in [0.05, 0.1) is 11.0 Å². The van der Waals surface area contributed by atoms with Gasteiger partial charge in [-0.25, -0.2) is 13.2 Å². The number of amides is 1. The SMILES string of the molecule is CCOC1CC(NC(=O)c2cccc(S(C)(=O)=O)c2)(C(=O)O)C1(C)C. The molecule has 2 unspecified atom stereocenters. The highest BCUT2D eigenvalue weighted by atomic mass is 32.2. The molecule has 25 heavy (non-hydrogen) atoms. The minimum absolute atomic E-state index is 0.00425. The Hall–Kier alpha value is -1.93. The highest BCUT2D eigenvalue weighted by Crippen LogP contribution is 2.51. The maximum Gasteiger partial charge on any atom is 0.330 e. The van der Waals surface area contributed by atoms with Crippen molar-refractivity contribution in [3.05, 3.63) is 29.8 Å². The summed E-state index contributed by atoms with van der Waals surface area (Å²) in [7, 11) is -3.47. The van der Waals surface area contributed by atoms with Gasteiger partial charge in [0.1, 0.15) is 5.54 Å². The first-order valence-electron chi connectivity index (χ1n) is 7.93. The summed E-state index contributed by atoms with van der Waals surface area (Å²) in [6.45, 7) is 5.75. The van der Waals surface area contributed by atoms with Crippen molar-refractivity contribution in [1.29, 1.82) is 0 Å². The van der Waals surface area contributed by atoms with Gasteiger partial charge in [-0.05, 0) is 25.1 Å². The highest BCUT2D eigenvalue weighted by molar-refractivity contribution is 7.90. The van der Waals surface area contributed by atoms with E-state index in [0.717, 1.165) is 6.26 Å². The number of sulfone groups is 1. The summed E-state index contributed by atoms with van der Waals surface area (Å²) in [6.07, 6.45) is 0.918. The Labute approximate surface area is 147 Å². The van der Waals surface area contributed by atoms with Gasteiger partial charge in [-0.1, -0.05) is 19.9 Å². The third-order valence-electron chi connectivity index (χ3n) is 4.98. The largest absolute Gasteiger partial charge is 0.479 e. The first-order chi connectivity index (χ1) is 11.5. The van der Waals surface area contributed by atoms with Gasteiger partial charge in [-0.15, -0.1) is 0 Å². The summed E-state index contributed by atoms with van der Waals surface area (Å²) in [6, 6.07) is 5.53. The molecule has 0 heterocycles. The fourth-order valence-electron chi connectivity index (χ4n) is 3.17. The average molecular weight is 369 g/mol. The maximum atomic E-state index is 12.6. The second kappa shape index (κ2) is 6.42. The smallest absolute Gasteiger partial charge is 0.330 e. The van der Waals surface area contributed by atoms with Crippen LogP contribution in [0.25, 0.3) is 0 Å². The van der Waals surface area contributed by atoms with Crippen LogP contribution in [0.1, 0.15) is 37.6 Å². The fourth-order valence-corrected chi connectivity index (χ4v) is 3.84. The van der Waals surface area contributed by atoms with Crippen molar-refractivity contribution in [2.75, 3.05) is 12.9 Å². The molecule has 0 radical (unpaired) electrons. The summed E-state index contributed by atoms with van der Waals surface area (Å²) in [5.41, 5.74) is -2.18. The van der Waals surface area contributed by atoms with Gasteiger partial charge < -0.3 is 15.2 Å². The second-order valence-electron chi connectivity index (χ2n) is 6.83. The molecule has 8 heteroatoms. The van der Waals surface area contributed by atoms with Crippen LogP contribution < -0.4 is 5.32 Å². The zero-order valence-corrected chi connectivity index (χ0v) is 15.5. The zero-order chi connectivity index (χ0) is 19.0. The first-order valence-corrected chi connectivity index (χ1v) is 9.82. The average Bonchev–Trinajstić information content (AvgIpc) is 2.52. The van der Waals surface area contributed by atoms with E-state index >= 15 is 0 Å².